The van der Waals surface area contributed by atoms with Crippen LogP contribution < -0.4 is 0 Å². The molecule has 0 radical (unpaired) electrons. The van der Waals surface area contributed by atoms with Gasteiger partial charge in [0.05, 0.1) is 12.6 Å². The monoisotopic (exact) mass is 368 g/mol. The van der Waals surface area contributed by atoms with Crippen molar-refractivity contribution < 1.29 is 14.6 Å². The standard InChI is InChI=1S/C19H29ClN2O3/c1-14-11-22(18(24)25-19(2,3)4)17(13-23)12-21(14)9-8-15-6-5-7-16(20)10-15/h5-7,10,14,17,23H,8-9,11-13H2,1-4H3. The largest absolute Gasteiger partial charge is 0.444 e. The topological polar surface area (TPSA) is 53.0 Å². The number of amides is 1. The second-order valence-corrected chi connectivity index (χ2v) is 8.13. The van der Waals surface area contributed by atoms with E-state index in [0.29, 0.717) is 13.1 Å². The normalized spacial score (nSPS) is 22.1. The Labute approximate surface area is 155 Å². The van der Waals surface area contributed by atoms with Gasteiger partial charge in [-0.1, -0.05) is 23.7 Å². The number of aliphatic hydroxyl groups is 1. The molecule has 2 rings (SSSR count). The van der Waals surface area contributed by atoms with Gasteiger partial charge in [0.1, 0.15) is 5.60 Å². The Morgan fingerprint density at radius 2 is 2.08 bits per heavy atom. The van der Waals surface area contributed by atoms with Crippen molar-refractivity contribution >= 4 is 17.7 Å². The zero-order valence-electron chi connectivity index (χ0n) is 15.5. The van der Waals surface area contributed by atoms with Crippen molar-refractivity contribution in [3.8, 4) is 0 Å². The van der Waals surface area contributed by atoms with Crippen LogP contribution in [0.25, 0.3) is 0 Å². The number of carbonyl (C=O) groups excluding carboxylic acids is 1. The van der Waals surface area contributed by atoms with E-state index in [1.165, 1.54) is 5.56 Å². The summed E-state index contributed by atoms with van der Waals surface area (Å²) in [6, 6.07) is 7.83. The zero-order chi connectivity index (χ0) is 18.6. The van der Waals surface area contributed by atoms with Crippen LogP contribution in [-0.2, 0) is 11.2 Å². The van der Waals surface area contributed by atoms with Gasteiger partial charge in [-0.15, -0.1) is 0 Å². The minimum atomic E-state index is -0.538. The predicted octanol–water partition coefficient (Wildman–Crippen LogP) is 3.18. The molecule has 6 heteroatoms. The number of nitrogens with zero attached hydrogens (tertiary/aromatic N) is 2. The quantitative estimate of drug-likeness (QED) is 0.886. The van der Waals surface area contributed by atoms with Gasteiger partial charge in [0.2, 0.25) is 0 Å². The van der Waals surface area contributed by atoms with Crippen molar-refractivity contribution in [1.82, 2.24) is 9.80 Å². The molecule has 1 heterocycles. The van der Waals surface area contributed by atoms with E-state index in [1.54, 1.807) is 4.90 Å². The maximum absolute atomic E-state index is 12.4. The fourth-order valence-electron chi connectivity index (χ4n) is 3.08. The first kappa shape index (κ1) is 20.0. The van der Waals surface area contributed by atoms with Crippen LogP contribution in [0.2, 0.25) is 5.02 Å². The third-order valence-corrected chi connectivity index (χ3v) is 4.62. The summed E-state index contributed by atoms with van der Waals surface area (Å²) < 4.78 is 5.48. The van der Waals surface area contributed by atoms with Crippen molar-refractivity contribution in [2.45, 2.75) is 51.8 Å². The highest BCUT2D eigenvalue weighted by atomic mass is 35.5. The number of aliphatic hydroxyl groups excluding tert-OH is 1. The Morgan fingerprint density at radius 3 is 2.68 bits per heavy atom. The molecule has 1 N–H and O–H groups in total. The highest BCUT2D eigenvalue weighted by Gasteiger charge is 2.36. The molecule has 0 aromatic heterocycles. The number of ether oxygens (including phenoxy) is 1. The first-order chi connectivity index (χ1) is 11.7. The summed E-state index contributed by atoms with van der Waals surface area (Å²) in [5, 5.41) is 10.5. The van der Waals surface area contributed by atoms with E-state index >= 15 is 0 Å². The van der Waals surface area contributed by atoms with Crippen LogP contribution in [0, 0.1) is 0 Å². The van der Waals surface area contributed by atoms with Gasteiger partial charge in [-0.2, -0.15) is 0 Å². The molecule has 1 aromatic carbocycles. The lowest BCUT2D eigenvalue weighted by Gasteiger charge is -2.44. The van der Waals surface area contributed by atoms with Crippen molar-refractivity contribution in [1.29, 1.82) is 0 Å². The average molecular weight is 369 g/mol. The number of rotatable bonds is 4. The fraction of sp³-hybridized carbons (Fsp3) is 0.632. The number of carbonyl (C=O) groups is 1. The summed E-state index contributed by atoms with van der Waals surface area (Å²) >= 11 is 6.04. The number of benzene rings is 1. The Morgan fingerprint density at radius 1 is 1.36 bits per heavy atom. The molecule has 1 aliphatic rings. The van der Waals surface area contributed by atoms with Crippen molar-refractivity contribution in [3.05, 3.63) is 34.9 Å². The van der Waals surface area contributed by atoms with Crippen molar-refractivity contribution in [2.75, 3.05) is 26.2 Å². The number of piperazine rings is 1. The molecule has 1 saturated heterocycles. The van der Waals surface area contributed by atoms with E-state index in [1.807, 2.05) is 39.0 Å². The van der Waals surface area contributed by atoms with E-state index in [4.69, 9.17) is 16.3 Å². The first-order valence-corrected chi connectivity index (χ1v) is 9.16. The van der Waals surface area contributed by atoms with Crippen LogP contribution >= 0.6 is 11.6 Å². The SMILES string of the molecule is CC1CN(C(=O)OC(C)(C)C)C(CO)CN1CCc1cccc(Cl)c1. The molecule has 5 nitrogen and oxygen atoms in total. The predicted molar refractivity (Wildman–Crippen MR) is 100 cm³/mol. The smallest absolute Gasteiger partial charge is 0.410 e. The molecule has 0 saturated carbocycles. The van der Waals surface area contributed by atoms with Crippen LogP contribution in [0.1, 0.15) is 33.3 Å². The third kappa shape index (κ3) is 5.87. The zero-order valence-corrected chi connectivity index (χ0v) is 16.3. The second kappa shape index (κ2) is 8.39. The Bertz CT molecular complexity index is 588. The maximum Gasteiger partial charge on any atom is 0.410 e. The van der Waals surface area contributed by atoms with Gasteiger partial charge in [0, 0.05) is 30.7 Å². The van der Waals surface area contributed by atoms with Crippen LogP contribution in [0.3, 0.4) is 0 Å². The Balaban J connectivity index is 1.97. The van der Waals surface area contributed by atoms with Gasteiger partial charge in [-0.3, -0.25) is 4.90 Å². The lowest BCUT2D eigenvalue weighted by atomic mass is 10.1. The summed E-state index contributed by atoms with van der Waals surface area (Å²) in [5.41, 5.74) is 0.652. The molecule has 140 valence electrons. The number of hydrogen-bond acceptors (Lipinski definition) is 4. The molecule has 0 aliphatic carbocycles. The first-order valence-electron chi connectivity index (χ1n) is 8.78. The van der Waals surface area contributed by atoms with Crippen LogP contribution in [0.4, 0.5) is 4.79 Å². The van der Waals surface area contributed by atoms with E-state index < -0.39 is 5.60 Å². The molecule has 0 bridgehead atoms. The molecule has 25 heavy (non-hydrogen) atoms. The van der Waals surface area contributed by atoms with E-state index in [0.717, 1.165) is 18.0 Å². The molecular formula is C19H29ClN2O3. The van der Waals surface area contributed by atoms with Gasteiger partial charge in [-0.25, -0.2) is 4.79 Å². The van der Waals surface area contributed by atoms with E-state index in [-0.39, 0.29) is 24.8 Å². The molecule has 1 amide bonds. The maximum atomic E-state index is 12.4. The lowest BCUT2D eigenvalue weighted by Crippen LogP contribution is -2.61. The second-order valence-electron chi connectivity index (χ2n) is 7.69. The van der Waals surface area contributed by atoms with Gasteiger partial charge in [0.15, 0.2) is 0 Å². The molecular weight excluding hydrogens is 340 g/mol. The summed E-state index contributed by atoms with van der Waals surface area (Å²) in [5.74, 6) is 0. The minimum absolute atomic E-state index is 0.0698. The van der Waals surface area contributed by atoms with Gasteiger partial charge < -0.3 is 14.7 Å². The van der Waals surface area contributed by atoms with E-state index in [9.17, 15) is 9.90 Å². The number of halogens is 1. The molecule has 1 aliphatic heterocycles. The molecule has 1 fully saturated rings. The summed E-state index contributed by atoms with van der Waals surface area (Å²) in [4.78, 5) is 16.4. The lowest BCUT2D eigenvalue weighted by molar-refractivity contribution is -0.0242. The van der Waals surface area contributed by atoms with Crippen LogP contribution in [-0.4, -0.2) is 64.9 Å². The number of hydrogen-bond donors (Lipinski definition) is 1. The Hall–Kier alpha value is -1.30. The fourth-order valence-corrected chi connectivity index (χ4v) is 3.29. The van der Waals surface area contributed by atoms with Gasteiger partial charge in [0.25, 0.3) is 0 Å². The van der Waals surface area contributed by atoms with Crippen LogP contribution in [0.5, 0.6) is 0 Å². The van der Waals surface area contributed by atoms with E-state index in [2.05, 4.69) is 17.9 Å². The summed E-state index contributed by atoms with van der Waals surface area (Å²) in [6.07, 6.45) is 0.531. The highest BCUT2D eigenvalue weighted by Crippen LogP contribution is 2.20. The Kier molecular flexibility index (Phi) is 6.72. The van der Waals surface area contributed by atoms with Crippen molar-refractivity contribution in [3.63, 3.8) is 0 Å². The van der Waals surface area contributed by atoms with Gasteiger partial charge in [-0.05, 0) is 51.8 Å². The highest BCUT2D eigenvalue weighted by molar-refractivity contribution is 6.30. The molecule has 2 unspecified atom stereocenters. The molecule has 0 spiro atoms. The summed E-state index contributed by atoms with van der Waals surface area (Å²) in [7, 11) is 0. The summed E-state index contributed by atoms with van der Waals surface area (Å²) in [6.45, 7) is 9.63. The van der Waals surface area contributed by atoms with Crippen LogP contribution in [0.15, 0.2) is 24.3 Å². The molecule has 1 aromatic rings. The minimum Gasteiger partial charge on any atom is -0.444 e. The van der Waals surface area contributed by atoms with Gasteiger partial charge >= 0.3 is 6.09 Å². The third-order valence-electron chi connectivity index (χ3n) is 4.39. The average Bonchev–Trinajstić information content (AvgIpc) is 2.52. The molecule has 2 atom stereocenters. The van der Waals surface area contributed by atoms with Crippen molar-refractivity contribution in [2.24, 2.45) is 0 Å².